The van der Waals surface area contributed by atoms with Crippen molar-refractivity contribution < 1.29 is 4.79 Å². The van der Waals surface area contributed by atoms with Gasteiger partial charge in [-0.3, -0.25) is 0 Å². The van der Waals surface area contributed by atoms with Crippen LogP contribution >= 0.6 is 0 Å². The first kappa shape index (κ1) is 18.0. The van der Waals surface area contributed by atoms with Crippen molar-refractivity contribution in [2.45, 2.75) is 65.0 Å². The van der Waals surface area contributed by atoms with E-state index in [2.05, 4.69) is 42.3 Å². The third-order valence-corrected chi connectivity index (χ3v) is 6.30. The van der Waals surface area contributed by atoms with E-state index in [1.807, 2.05) is 26.8 Å². The fraction of sp³-hybridized carbons (Fsp3) is 0.591. The Morgan fingerprint density at radius 3 is 2.64 bits per heavy atom. The van der Waals surface area contributed by atoms with Gasteiger partial charge in [0.15, 0.2) is 0 Å². The van der Waals surface area contributed by atoms with E-state index in [0.717, 1.165) is 28.5 Å². The second-order valence-corrected chi connectivity index (χ2v) is 8.71. The number of carbonyl (C=O) groups excluding carboxylic acids is 1. The molecule has 3 nitrogen and oxygen atoms in total. The number of hydrogen-bond donors (Lipinski definition) is 2. The van der Waals surface area contributed by atoms with Gasteiger partial charge in [0.1, 0.15) is 0 Å². The molecule has 25 heavy (non-hydrogen) atoms. The predicted molar refractivity (Wildman–Crippen MR) is 104 cm³/mol. The van der Waals surface area contributed by atoms with Gasteiger partial charge >= 0.3 is 6.03 Å². The molecule has 0 aromatic heterocycles. The summed E-state index contributed by atoms with van der Waals surface area (Å²) in [5.74, 6) is 2.38. The van der Waals surface area contributed by atoms with Crippen LogP contribution in [0.15, 0.2) is 30.8 Å². The molecule has 2 aliphatic rings. The SMILES string of the molecule is C=C(C)c1cccc(C(C)(C)NC(=O)N[C@@H](C)[C@@H]2C[C@H]3CC[C@H]2C3)c1. The summed E-state index contributed by atoms with van der Waals surface area (Å²) in [4.78, 5) is 12.6. The standard InChI is InChI=1S/C22H32N2O/c1-14(2)17-7-6-8-19(13-17)22(4,5)24-21(25)23-15(3)20-12-16-9-10-18(20)11-16/h6-8,13,15-16,18,20H,1,9-12H2,2-5H3,(H2,23,24,25)/t15-,16-,18-,20-/m0/s1. The maximum absolute atomic E-state index is 12.6. The minimum atomic E-state index is -0.427. The van der Waals surface area contributed by atoms with Crippen molar-refractivity contribution >= 4 is 11.6 Å². The molecule has 2 bridgehead atoms. The van der Waals surface area contributed by atoms with Crippen LogP contribution in [0.25, 0.3) is 5.57 Å². The lowest BCUT2D eigenvalue weighted by Crippen LogP contribution is -2.51. The Balaban J connectivity index is 1.61. The lowest BCUT2D eigenvalue weighted by atomic mass is 9.84. The summed E-state index contributed by atoms with van der Waals surface area (Å²) in [5.41, 5.74) is 2.81. The van der Waals surface area contributed by atoms with Crippen molar-refractivity contribution in [1.82, 2.24) is 10.6 Å². The fourth-order valence-electron chi connectivity index (χ4n) is 4.79. The molecule has 2 aliphatic carbocycles. The first-order chi connectivity index (χ1) is 11.8. The van der Waals surface area contributed by atoms with E-state index in [1.54, 1.807) is 0 Å². The number of amides is 2. The van der Waals surface area contributed by atoms with Crippen molar-refractivity contribution in [2.24, 2.45) is 17.8 Å². The first-order valence-electron chi connectivity index (χ1n) is 9.61. The molecular weight excluding hydrogens is 308 g/mol. The summed E-state index contributed by atoms with van der Waals surface area (Å²) in [5, 5.41) is 6.36. The van der Waals surface area contributed by atoms with E-state index in [4.69, 9.17) is 0 Å². The molecule has 0 spiro atoms. The summed E-state index contributed by atoms with van der Waals surface area (Å²) < 4.78 is 0. The molecule has 0 aliphatic heterocycles. The second-order valence-electron chi connectivity index (χ2n) is 8.71. The van der Waals surface area contributed by atoms with Gasteiger partial charge in [-0.2, -0.15) is 0 Å². The monoisotopic (exact) mass is 340 g/mol. The smallest absolute Gasteiger partial charge is 0.315 e. The Labute approximate surface area is 152 Å². The predicted octanol–water partition coefficient (Wildman–Crippen LogP) is 5.08. The highest BCUT2D eigenvalue weighted by Crippen LogP contribution is 2.49. The number of allylic oxidation sites excluding steroid dienone is 1. The van der Waals surface area contributed by atoms with Gasteiger partial charge in [-0.15, -0.1) is 0 Å². The van der Waals surface area contributed by atoms with Crippen LogP contribution in [-0.4, -0.2) is 12.1 Å². The molecule has 1 aromatic carbocycles. The van der Waals surface area contributed by atoms with E-state index >= 15 is 0 Å². The number of fused-ring (bicyclic) bond motifs is 2. The maximum atomic E-state index is 12.6. The molecule has 2 saturated carbocycles. The van der Waals surface area contributed by atoms with Gasteiger partial charge in [-0.05, 0) is 81.9 Å². The average Bonchev–Trinajstić information content (AvgIpc) is 3.17. The Kier molecular flexibility index (Phi) is 4.95. The molecule has 0 heterocycles. The molecule has 2 amide bonds. The fourth-order valence-corrected chi connectivity index (χ4v) is 4.79. The molecule has 1 aromatic rings. The van der Waals surface area contributed by atoms with Crippen molar-refractivity contribution in [3.8, 4) is 0 Å². The number of hydrogen-bond acceptors (Lipinski definition) is 1. The average molecular weight is 341 g/mol. The Hall–Kier alpha value is -1.77. The van der Waals surface area contributed by atoms with Crippen molar-refractivity contribution in [3.05, 3.63) is 42.0 Å². The molecule has 3 heteroatoms. The highest BCUT2D eigenvalue weighted by molar-refractivity contribution is 5.75. The third kappa shape index (κ3) is 3.91. The van der Waals surface area contributed by atoms with Gasteiger partial charge in [0, 0.05) is 6.04 Å². The van der Waals surface area contributed by atoms with Crippen LogP contribution in [0.1, 0.15) is 64.5 Å². The molecular formula is C22H32N2O. The van der Waals surface area contributed by atoms with Crippen LogP contribution in [0.5, 0.6) is 0 Å². The number of nitrogens with one attached hydrogen (secondary N) is 2. The van der Waals surface area contributed by atoms with Crippen molar-refractivity contribution in [2.75, 3.05) is 0 Å². The van der Waals surface area contributed by atoms with Crippen LogP contribution in [0, 0.1) is 17.8 Å². The quantitative estimate of drug-likeness (QED) is 0.771. The maximum Gasteiger partial charge on any atom is 0.315 e. The number of rotatable bonds is 5. The molecule has 4 atom stereocenters. The van der Waals surface area contributed by atoms with E-state index in [9.17, 15) is 4.79 Å². The van der Waals surface area contributed by atoms with E-state index < -0.39 is 5.54 Å². The Morgan fingerprint density at radius 2 is 2.04 bits per heavy atom. The summed E-state index contributed by atoms with van der Waals surface area (Å²) in [7, 11) is 0. The van der Waals surface area contributed by atoms with Crippen LogP contribution in [0.3, 0.4) is 0 Å². The number of urea groups is 1. The minimum Gasteiger partial charge on any atom is -0.335 e. The summed E-state index contributed by atoms with van der Waals surface area (Å²) >= 11 is 0. The van der Waals surface area contributed by atoms with Crippen LogP contribution < -0.4 is 10.6 Å². The van der Waals surface area contributed by atoms with Gasteiger partial charge in [0.05, 0.1) is 5.54 Å². The summed E-state index contributed by atoms with van der Waals surface area (Å²) in [6.45, 7) is 12.3. The lowest BCUT2D eigenvalue weighted by Gasteiger charge is -2.32. The zero-order valence-corrected chi connectivity index (χ0v) is 16.1. The highest BCUT2D eigenvalue weighted by atomic mass is 16.2. The molecule has 0 unspecified atom stereocenters. The molecule has 0 radical (unpaired) electrons. The largest absolute Gasteiger partial charge is 0.335 e. The Bertz CT molecular complexity index is 664. The third-order valence-electron chi connectivity index (χ3n) is 6.30. The zero-order valence-electron chi connectivity index (χ0n) is 16.1. The van der Waals surface area contributed by atoms with Gasteiger partial charge in [0.25, 0.3) is 0 Å². The molecule has 2 N–H and O–H groups in total. The Morgan fingerprint density at radius 1 is 1.28 bits per heavy atom. The molecule has 2 fully saturated rings. The van der Waals surface area contributed by atoms with E-state index in [0.29, 0.717) is 5.92 Å². The van der Waals surface area contributed by atoms with Gasteiger partial charge in [-0.25, -0.2) is 4.79 Å². The summed E-state index contributed by atoms with van der Waals surface area (Å²) in [6.07, 6.45) is 5.40. The van der Waals surface area contributed by atoms with Crippen molar-refractivity contribution in [3.63, 3.8) is 0 Å². The van der Waals surface area contributed by atoms with Gasteiger partial charge in [-0.1, -0.05) is 36.8 Å². The van der Waals surface area contributed by atoms with E-state index in [-0.39, 0.29) is 12.1 Å². The van der Waals surface area contributed by atoms with Crippen LogP contribution in [0.2, 0.25) is 0 Å². The number of carbonyl (C=O) groups is 1. The van der Waals surface area contributed by atoms with Crippen LogP contribution in [0.4, 0.5) is 4.79 Å². The topological polar surface area (TPSA) is 41.1 Å². The number of benzene rings is 1. The zero-order chi connectivity index (χ0) is 18.2. The van der Waals surface area contributed by atoms with Gasteiger partial charge in [0.2, 0.25) is 0 Å². The van der Waals surface area contributed by atoms with Crippen molar-refractivity contribution in [1.29, 1.82) is 0 Å². The second kappa shape index (κ2) is 6.86. The lowest BCUT2D eigenvalue weighted by molar-refractivity contribution is 0.211. The molecule has 3 rings (SSSR count). The minimum absolute atomic E-state index is 0.0685. The van der Waals surface area contributed by atoms with Gasteiger partial charge < -0.3 is 10.6 Å². The highest BCUT2D eigenvalue weighted by Gasteiger charge is 2.42. The van der Waals surface area contributed by atoms with E-state index in [1.165, 1.54) is 25.7 Å². The normalized spacial score (nSPS) is 26.3. The first-order valence-corrected chi connectivity index (χ1v) is 9.61. The molecule has 0 saturated heterocycles. The summed E-state index contributed by atoms with van der Waals surface area (Å²) in [6, 6.07) is 8.43. The molecule has 136 valence electrons. The van der Waals surface area contributed by atoms with Crippen LogP contribution in [-0.2, 0) is 5.54 Å².